The molecule has 2 fully saturated rings. The van der Waals surface area contributed by atoms with Crippen molar-refractivity contribution in [3.05, 3.63) is 35.4 Å². The number of carbonyl (C=O) groups is 2. The average molecular weight is 329 g/mol. The molecular weight excluding hydrogens is 302 g/mol. The summed E-state index contributed by atoms with van der Waals surface area (Å²) in [5.41, 5.74) is 1.86. The van der Waals surface area contributed by atoms with E-state index in [1.165, 1.54) is 0 Å². The molecule has 0 aromatic heterocycles. The quantitative estimate of drug-likeness (QED) is 0.884. The van der Waals surface area contributed by atoms with Gasteiger partial charge >= 0.3 is 0 Å². The summed E-state index contributed by atoms with van der Waals surface area (Å²) >= 11 is 0. The van der Waals surface area contributed by atoms with Crippen molar-refractivity contribution >= 4 is 11.8 Å². The molecule has 0 unspecified atom stereocenters. The molecule has 0 bridgehead atoms. The Balaban J connectivity index is 1.52. The smallest absolute Gasteiger partial charge is 0.253 e. The van der Waals surface area contributed by atoms with Gasteiger partial charge in [-0.1, -0.05) is 17.7 Å². The summed E-state index contributed by atoms with van der Waals surface area (Å²) in [6.45, 7) is 5.13. The molecule has 2 atom stereocenters. The van der Waals surface area contributed by atoms with Crippen LogP contribution in [-0.4, -0.2) is 48.9 Å². The number of piperidine rings is 1. The Kier molecular flexibility index (Phi) is 5.51. The summed E-state index contributed by atoms with van der Waals surface area (Å²) in [5, 5.41) is 6.28. The number of likely N-dealkylation sites (tertiary alicyclic amines) is 1. The van der Waals surface area contributed by atoms with E-state index in [1.54, 1.807) is 0 Å². The van der Waals surface area contributed by atoms with Crippen LogP contribution in [0.25, 0.3) is 0 Å². The van der Waals surface area contributed by atoms with Gasteiger partial charge in [0.05, 0.1) is 6.04 Å². The lowest BCUT2D eigenvalue weighted by Gasteiger charge is -2.33. The second-order valence-corrected chi connectivity index (χ2v) is 7.02. The van der Waals surface area contributed by atoms with Gasteiger partial charge in [-0.25, -0.2) is 0 Å². The Morgan fingerprint density at radius 3 is 2.92 bits per heavy atom. The zero-order valence-corrected chi connectivity index (χ0v) is 14.4. The highest BCUT2D eigenvalue weighted by Gasteiger charge is 2.26. The summed E-state index contributed by atoms with van der Waals surface area (Å²) in [7, 11) is 0. The average Bonchev–Trinajstić information content (AvgIpc) is 3.14. The minimum absolute atomic E-state index is 0.0291. The molecule has 24 heavy (non-hydrogen) atoms. The summed E-state index contributed by atoms with van der Waals surface area (Å²) in [4.78, 5) is 26.7. The lowest BCUT2D eigenvalue weighted by Crippen LogP contribution is -2.46. The van der Waals surface area contributed by atoms with Crippen molar-refractivity contribution in [1.82, 2.24) is 15.5 Å². The number of hydrogen-bond acceptors (Lipinski definition) is 3. The molecule has 2 aliphatic heterocycles. The first kappa shape index (κ1) is 17.0. The molecule has 1 aromatic carbocycles. The molecular formula is C19H27N3O2. The highest BCUT2D eigenvalue weighted by molar-refractivity contribution is 5.94. The van der Waals surface area contributed by atoms with Crippen LogP contribution in [0.4, 0.5) is 0 Å². The molecule has 2 N–H and O–H groups in total. The first-order valence-electron chi connectivity index (χ1n) is 9.00. The molecule has 0 saturated carbocycles. The van der Waals surface area contributed by atoms with Gasteiger partial charge < -0.3 is 15.5 Å². The maximum absolute atomic E-state index is 12.7. The van der Waals surface area contributed by atoms with Crippen LogP contribution in [0.2, 0.25) is 0 Å². The van der Waals surface area contributed by atoms with Gasteiger partial charge in [-0.2, -0.15) is 0 Å². The number of nitrogens with one attached hydrogen (secondary N) is 2. The number of benzene rings is 1. The summed E-state index contributed by atoms with van der Waals surface area (Å²) in [5.74, 6) is 0.555. The maximum atomic E-state index is 12.7. The number of amides is 2. The molecule has 5 nitrogen and oxygen atoms in total. The van der Waals surface area contributed by atoms with Crippen LogP contribution in [0.15, 0.2) is 24.3 Å². The molecule has 1 aromatic rings. The molecule has 2 aliphatic rings. The number of aryl methyl sites for hydroxylation is 1. The lowest BCUT2D eigenvalue weighted by molar-refractivity contribution is -0.123. The topological polar surface area (TPSA) is 61.4 Å². The third-order valence-corrected chi connectivity index (χ3v) is 5.01. The number of hydrogen-bond donors (Lipinski definition) is 2. The second-order valence-electron chi connectivity index (χ2n) is 7.02. The van der Waals surface area contributed by atoms with E-state index in [0.29, 0.717) is 12.5 Å². The minimum Gasteiger partial charge on any atom is -0.354 e. The molecule has 0 spiro atoms. The fraction of sp³-hybridized carbons (Fsp3) is 0.579. The Morgan fingerprint density at radius 1 is 1.29 bits per heavy atom. The van der Waals surface area contributed by atoms with Gasteiger partial charge in [-0.05, 0) is 57.2 Å². The Bertz CT molecular complexity index is 596. The fourth-order valence-electron chi connectivity index (χ4n) is 3.65. The molecule has 2 saturated heterocycles. The molecule has 130 valence electrons. The molecule has 5 heteroatoms. The summed E-state index contributed by atoms with van der Waals surface area (Å²) in [6, 6.07) is 7.73. The predicted molar refractivity (Wildman–Crippen MR) is 93.8 cm³/mol. The standard InChI is InChI=1S/C19H27N3O2/c1-14-5-2-7-16(11-14)19(24)22-10-4-6-15(13-22)12-21-18(23)17-8-3-9-20-17/h2,5,7,11,15,17,20H,3-4,6,8-10,12-13H2,1H3,(H,21,23)/t15-,17-/m0/s1. The van der Waals surface area contributed by atoms with E-state index in [1.807, 2.05) is 36.1 Å². The van der Waals surface area contributed by atoms with Crippen molar-refractivity contribution in [2.24, 2.45) is 5.92 Å². The molecule has 3 rings (SSSR count). The van der Waals surface area contributed by atoms with Gasteiger partial charge in [0.15, 0.2) is 0 Å². The van der Waals surface area contributed by atoms with Crippen LogP contribution < -0.4 is 10.6 Å². The fourth-order valence-corrected chi connectivity index (χ4v) is 3.65. The van der Waals surface area contributed by atoms with Crippen molar-refractivity contribution in [2.75, 3.05) is 26.2 Å². The van der Waals surface area contributed by atoms with E-state index in [9.17, 15) is 9.59 Å². The van der Waals surface area contributed by atoms with E-state index in [4.69, 9.17) is 0 Å². The lowest BCUT2D eigenvalue weighted by atomic mass is 9.97. The monoisotopic (exact) mass is 329 g/mol. The van der Waals surface area contributed by atoms with Gasteiger partial charge in [-0.3, -0.25) is 9.59 Å². The first-order valence-corrected chi connectivity index (χ1v) is 9.00. The van der Waals surface area contributed by atoms with Crippen molar-refractivity contribution in [2.45, 2.75) is 38.6 Å². The number of nitrogens with zero attached hydrogens (tertiary/aromatic N) is 1. The van der Waals surface area contributed by atoms with Gasteiger partial charge in [0, 0.05) is 25.2 Å². The van der Waals surface area contributed by atoms with Gasteiger partial charge in [0.1, 0.15) is 0 Å². The Labute approximate surface area is 143 Å². The van der Waals surface area contributed by atoms with E-state index >= 15 is 0 Å². The molecule has 0 aliphatic carbocycles. The van der Waals surface area contributed by atoms with Crippen LogP contribution in [-0.2, 0) is 4.79 Å². The van der Waals surface area contributed by atoms with Crippen molar-refractivity contribution < 1.29 is 9.59 Å². The third kappa shape index (κ3) is 4.15. The molecule has 2 amide bonds. The van der Waals surface area contributed by atoms with E-state index < -0.39 is 0 Å². The minimum atomic E-state index is -0.0291. The van der Waals surface area contributed by atoms with Crippen LogP contribution in [0.1, 0.15) is 41.6 Å². The largest absolute Gasteiger partial charge is 0.354 e. The Hall–Kier alpha value is -1.88. The van der Waals surface area contributed by atoms with Gasteiger partial charge in [0.2, 0.25) is 5.91 Å². The van der Waals surface area contributed by atoms with Crippen LogP contribution in [0, 0.1) is 12.8 Å². The van der Waals surface area contributed by atoms with Gasteiger partial charge in [0.25, 0.3) is 5.91 Å². The van der Waals surface area contributed by atoms with Crippen molar-refractivity contribution in [3.63, 3.8) is 0 Å². The third-order valence-electron chi connectivity index (χ3n) is 5.01. The normalized spacial score (nSPS) is 24.0. The van der Waals surface area contributed by atoms with E-state index in [0.717, 1.165) is 56.4 Å². The zero-order valence-electron chi connectivity index (χ0n) is 14.4. The van der Waals surface area contributed by atoms with Crippen LogP contribution >= 0.6 is 0 Å². The number of carbonyl (C=O) groups excluding carboxylic acids is 2. The Morgan fingerprint density at radius 2 is 2.17 bits per heavy atom. The second kappa shape index (κ2) is 7.79. The highest BCUT2D eigenvalue weighted by atomic mass is 16.2. The summed E-state index contributed by atoms with van der Waals surface area (Å²) in [6.07, 6.45) is 4.06. The van der Waals surface area contributed by atoms with Crippen LogP contribution in [0.5, 0.6) is 0 Å². The van der Waals surface area contributed by atoms with E-state index in [-0.39, 0.29) is 17.9 Å². The first-order chi connectivity index (χ1) is 11.6. The maximum Gasteiger partial charge on any atom is 0.253 e. The van der Waals surface area contributed by atoms with Crippen molar-refractivity contribution in [3.8, 4) is 0 Å². The summed E-state index contributed by atoms with van der Waals surface area (Å²) < 4.78 is 0. The predicted octanol–water partition coefficient (Wildman–Crippen LogP) is 1.72. The highest BCUT2D eigenvalue weighted by Crippen LogP contribution is 2.19. The van der Waals surface area contributed by atoms with Crippen molar-refractivity contribution in [1.29, 1.82) is 0 Å². The van der Waals surface area contributed by atoms with Gasteiger partial charge in [-0.15, -0.1) is 0 Å². The SMILES string of the molecule is Cc1cccc(C(=O)N2CCC[C@@H](CNC(=O)[C@@H]3CCCN3)C2)c1. The zero-order chi connectivity index (χ0) is 16.9. The molecule has 2 heterocycles. The van der Waals surface area contributed by atoms with Crippen LogP contribution in [0.3, 0.4) is 0 Å². The number of rotatable bonds is 4. The van der Waals surface area contributed by atoms with E-state index in [2.05, 4.69) is 10.6 Å². The molecule has 0 radical (unpaired) electrons.